The van der Waals surface area contributed by atoms with Crippen LogP contribution in [0.2, 0.25) is 0 Å². The summed E-state index contributed by atoms with van der Waals surface area (Å²) in [5, 5.41) is 17.6. The standard InChI is InChI=1S/C16H11N3O5S2.C9H8N2O3S.C7H4ClNO2S.2C2H6/c17-10-13(15-12-8-4-5-9-14(12)26(23,24)18-15)16(20)19-25(21,22)11-6-2-1-3-7-11;10-7-6-9(12)11-15(13,14)8-4-2-1-3-5-8;8-7-5-3-1-2-4-6(5)12(10,11)9-7;2*1-2/h1-9,18H,(H,19,20);1-5H,6H2,(H,11,12);1-4H;2*1-2H3/b15-13-;;;;. The Balaban J connectivity index is 0.000000307. The van der Waals surface area contributed by atoms with Crippen molar-refractivity contribution in [3.63, 3.8) is 0 Å². The lowest BCUT2D eigenvalue weighted by atomic mass is 10.1. The summed E-state index contributed by atoms with van der Waals surface area (Å²) in [6, 6.07) is 30.0. The Bertz CT molecular complexity index is 2700. The number of fused-ring (bicyclic) bond motifs is 2. The first-order valence-electron chi connectivity index (χ1n) is 16.4. The number of halogens is 1. The summed E-state index contributed by atoms with van der Waals surface area (Å²) in [5.41, 5.74) is -0.308. The SMILES string of the molecule is CC.CC.N#C/C(C(=O)NS(=O)(=O)c1ccccc1)=C1/NS(=O)(=O)c2ccccc21.N#CCC(=O)NS(=O)(=O)c1ccccc1.O=S1(=O)N=C(Cl)c2ccccc21. The van der Waals surface area contributed by atoms with E-state index >= 15 is 0 Å². The van der Waals surface area contributed by atoms with Crippen molar-refractivity contribution in [2.24, 2.45) is 4.40 Å². The van der Waals surface area contributed by atoms with Gasteiger partial charge < -0.3 is 0 Å². The van der Waals surface area contributed by atoms with Crippen molar-refractivity contribution in [2.75, 3.05) is 0 Å². The summed E-state index contributed by atoms with van der Waals surface area (Å²) < 4.78 is 103. The molecule has 0 bridgehead atoms. The molecule has 2 aliphatic heterocycles. The number of hydrogen-bond acceptors (Lipinski definition) is 12. The van der Waals surface area contributed by atoms with Gasteiger partial charge in [-0.2, -0.15) is 18.9 Å². The molecule has 6 rings (SSSR count). The first-order valence-corrected chi connectivity index (χ1v) is 22.7. The van der Waals surface area contributed by atoms with Crippen LogP contribution >= 0.6 is 11.6 Å². The van der Waals surface area contributed by atoms with Crippen molar-refractivity contribution >= 4 is 74.4 Å². The van der Waals surface area contributed by atoms with Crippen LogP contribution in [-0.2, 0) is 49.7 Å². The molecule has 21 heteroatoms. The Kier molecular flexibility index (Phi) is 17.3. The summed E-state index contributed by atoms with van der Waals surface area (Å²) in [6.07, 6.45) is -0.480. The van der Waals surface area contributed by atoms with Gasteiger partial charge in [0, 0.05) is 11.1 Å². The largest absolute Gasteiger partial charge is 0.284 e. The van der Waals surface area contributed by atoms with E-state index < -0.39 is 63.9 Å². The lowest BCUT2D eigenvalue weighted by molar-refractivity contribution is -0.118. The second-order valence-electron chi connectivity index (χ2n) is 10.2. The molecular formula is C36H35ClN6O10S4. The van der Waals surface area contributed by atoms with Gasteiger partial charge in [-0.05, 0) is 36.4 Å². The molecule has 0 spiro atoms. The number of nitrogens with zero attached hydrogens (tertiary/aromatic N) is 3. The van der Waals surface area contributed by atoms with E-state index in [9.17, 15) is 48.5 Å². The van der Waals surface area contributed by atoms with E-state index in [4.69, 9.17) is 16.9 Å². The fourth-order valence-corrected chi connectivity index (χ4v) is 9.26. The van der Waals surface area contributed by atoms with E-state index in [1.807, 2.05) is 27.7 Å². The highest BCUT2D eigenvalue weighted by atomic mass is 35.5. The van der Waals surface area contributed by atoms with Crippen molar-refractivity contribution < 1.29 is 43.3 Å². The van der Waals surface area contributed by atoms with Gasteiger partial charge in [-0.1, -0.05) is 112 Å². The van der Waals surface area contributed by atoms with Crippen LogP contribution in [0, 0.1) is 22.7 Å². The molecular weight excluding hydrogens is 840 g/mol. The van der Waals surface area contributed by atoms with Crippen LogP contribution in [0.4, 0.5) is 0 Å². The fraction of sp³-hybridized carbons (Fsp3) is 0.139. The Morgan fingerprint density at radius 1 is 0.684 bits per heavy atom. The number of sulfonamides is 4. The summed E-state index contributed by atoms with van der Waals surface area (Å²) in [6.45, 7) is 8.00. The van der Waals surface area contributed by atoms with Gasteiger partial charge in [0.25, 0.3) is 46.0 Å². The quantitative estimate of drug-likeness (QED) is 0.178. The molecule has 0 radical (unpaired) electrons. The average molecular weight is 875 g/mol. The van der Waals surface area contributed by atoms with Gasteiger partial charge in [-0.25, -0.2) is 34.7 Å². The molecule has 0 aromatic heterocycles. The summed E-state index contributed by atoms with van der Waals surface area (Å²) in [7, 11) is -15.5. The van der Waals surface area contributed by atoms with Crippen molar-refractivity contribution in [2.45, 2.75) is 53.7 Å². The third-order valence-corrected chi connectivity index (χ3v) is 12.5. The van der Waals surface area contributed by atoms with E-state index in [2.05, 4.69) is 9.12 Å². The van der Waals surface area contributed by atoms with Crippen molar-refractivity contribution in [1.29, 1.82) is 10.5 Å². The van der Waals surface area contributed by atoms with Crippen LogP contribution in [0.1, 0.15) is 45.2 Å². The van der Waals surface area contributed by atoms with Crippen LogP contribution in [0.25, 0.3) is 5.70 Å². The predicted octanol–water partition coefficient (Wildman–Crippen LogP) is 4.55. The predicted molar refractivity (Wildman–Crippen MR) is 212 cm³/mol. The smallest absolute Gasteiger partial charge is 0.277 e. The number of benzene rings is 4. The van der Waals surface area contributed by atoms with Crippen LogP contribution in [0.15, 0.2) is 139 Å². The second kappa shape index (κ2) is 20.9. The molecule has 2 heterocycles. The molecule has 2 aliphatic rings. The first kappa shape index (κ1) is 47.3. The van der Waals surface area contributed by atoms with E-state index in [0.717, 1.165) is 0 Å². The van der Waals surface area contributed by atoms with E-state index in [1.165, 1.54) is 66.7 Å². The highest BCUT2D eigenvalue weighted by molar-refractivity contribution is 7.91. The van der Waals surface area contributed by atoms with Gasteiger partial charge in [-0.3, -0.25) is 14.3 Å². The molecule has 0 saturated carbocycles. The van der Waals surface area contributed by atoms with E-state index in [0.29, 0.717) is 5.56 Å². The Labute approximate surface area is 336 Å². The van der Waals surface area contributed by atoms with Gasteiger partial charge in [0.05, 0.1) is 31.3 Å². The zero-order chi connectivity index (χ0) is 43.0. The lowest BCUT2D eigenvalue weighted by Crippen LogP contribution is -2.32. The molecule has 0 aliphatic carbocycles. The maximum atomic E-state index is 12.4. The molecule has 4 aromatic carbocycles. The highest BCUT2D eigenvalue weighted by Crippen LogP contribution is 2.32. The minimum Gasteiger partial charge on any atom is -0.277 e. The minimum atomic E-state index is -4.21. The maximum absolute atomic E-state index is 12.4. The second-order valence-corrected chi connectivity index (χ2v) is 17.2. The molecule has 0 saturated heterocycles. The monoisotopic (exact) mass is 874 g/mol. The molecule has 57 heavy (non-hydrogen) atoms. The van der Waals surface area contributed by atoms with E-state index in [1.54, 1.807) is 64.0 Å². The Hall–Kier alpha value is -5.90. The summed E-state index contributed by atoms with van der Waals surface area (Å²) >= 11 is 5.60. The number of nitrogens with one attached hydrogen (secondary N) is 3. The molecule has 300 valence electrons. The molecule has 16 nitrogen and oxygen atoms in total. The number of carbonyl (C=O) groups excluding carboxylic acids is 2. The minimum absolute atomic E-state index is 0.00344. The molecule has 0 atom stereocenters. The molecule has 4 aromatic rings. The Morgan fingerprint density at radius 2 is 1.12 bits per heavy atom. The molecule has 3 N–H and O–H groups in total. The number of amides is 2. The number of nitriles is 2. The molecule has 0 unspecified atom stereocenters. The van der Waals surface area contributed by atoms with Crippen molar-refractivity contribution in [3.8, 4) is 12.1 Å². The highest BCUT2D eigenvalue weighted by Gasteiger charge is 2.34. The first-order chi connectivity index (χ1) is 26.9. The van der Waals surface area contributed by atoms with Crippen molar-refractivity contribution in [3.05, 3.63) is 126 Å². The van der Waals surface area contributed by atoms with Crippen LogP contribution in [0.3, 0.4) is 0 Å². The van der Waals surface area contributed by atoms with E-state index in [-0.39, 0.29) is 36.0 Å². The topological polar surface area (TPSA) is 267 Å². The summed E-state index contributed by atoms with van der Waals surface area (Å²) in [5.74, 6) is -2.06. The molecule has 0 fully saturated rings. The Morgan fingerprint density at radius 3 is 1.60 bits per heavy atom. The summed E-state index contributed by atoms with van der Waals surface area (Å²) in [4.78, 5) is 23.2. The van der Waals surface area contributed by atoms with Gasteiger partial charge in [0.1, 0.15) is 18.1 Å². The normalized spacial score (nSPS) is 14.5. The van der Waals surface area contributed by atoms with Crippen LogP contribution in [0.5, 0.6) is 0 Å². The zero-order valence-corrected chi connectivity index (χ0v) is 34.6. The number of carbonyl (C=O) groups is 2. The van der Waals surface area contributed by atoms with Gasteiger partial charge in [0.15, 0.2) is 5.17 Å². The third kappa shape index (κ3) is 12.3. The zero-order valence-electron chi connectivity index (χ0n) is 30.5. The number of hydrogen-bond donors (Lipinski definition) is 3. The third-order valence-electron chi connectivity index (χ3n) is 6.68. The van der Waals surface area contributed by atoms with Gasteiger partial charge in [-0.15, -0.1) is 4.40 Å². The average Bonchev–Trinajstić information content (AvgIpc) is 3.61. The van der Waals surface area contributed by atoms with Crippen molar-refractivity contribution in [1.82, 2.24) is 14.2 Å². The lowest BCUT2D eigenvalue weighted by Gasteiger charge is -2.08. The van der Waals surface area contributed by atoms with Crippen LogP contribution < -0.4 is 14.2 Å². The molecule has 2 amide bonds. The van der Waals surface area contributed by atoms with Gasteiger partial charge >= 0.3 is 0 Å². The van der Waals surface area contributed by atoms with Gasteiger partial charge in [0.2, 0.25) is 5.91 Å². The van der Waals surface area contributed by atoms with Crippen LogP contribution in [-0.4, -0.2) is 50.7 Å². The maximum Gasteiger partial charge on any atom is 0.284 e. The fourth-order valence-electron chi connectivity index (χ4n) is 4.37. The number of rotatable bonds is 6.